The second kappa shape index (κ2) is 9.23. The lowest BCUT2D eigenvalue weighted by atomic mass is 10.1. The molecule has 0 aromatic heterocycles. The molecule has 0 spiro atoms. The van der Waals surface area contributed by atoms with Crippen molar-refractivity contribution >= 4 is 5.97 Å². The second-order valence-electron chi connectivity index (χ2n) is 4.48. The Morgan fingerprint density at radius 1 is 1.35 bits per heavy atom. The van der Waals surface area contributed by atoms with Crippen LogP contribution in [0, 0.1) is 0 Å². The number of rotatable bonds is 7. The molecular formula is C14H24O3. The molecule has 1 saturated heterocycles. The first kappa shape index (κ1) is 14.2. The minimum Gasteiger partial charge on any atom is -0.433 e. The number of ether oxygens (including phenoxy) is 2. The normalized spacial score (nSPS) is 20.6. The van der Waals surface area contributed by atoms with Crippen molar-refractivity contribution in [3.8, 4) is 0 Å². The van der Waals surface area contributed by atoms with Crippen LogP contribution in [0.1, 0.15) is 58.3 Å². The Morgan fingerprint density at radius 3 is 2.94 bits per heavy atom. The molecule has 1 aliphatic heterocycles. The SMILES string of the molecule is CCCCCCC=CC(=O)OC1CCCCO1. The fourth-order valence-electron chi connectivity index (χ4n) is 1.84. The molecule has 1 heterocycles. The van der Waals surface area contributed by atoms with Gasteiger partial charge in [-0.25, -0.2) is 4.79 Å². The van der Waals surface area contributed by atoms with E-state index in [0.717, 1.165) is 32.1 Å². The lowest BCUT2D eigenvalue weighted by Gasteiger charge is -2.21. The van der Waals surface area contributed by atoms with Gasteiger partial charge in [0.15, 0.2) is 0 Å². The van der Waals surface area contributed by atoms with E-state index in [1.165, 1.54) is 25.3 Å². The van der Waals surface area contributed by atoms with E-state index in [9.17, 15) is 4.79 Å². The molecule has 0 aromatic rings. The lowest BCUT2D eigenvalue weighted by Crippen LogP contribution is -2.24. The van der Waals surface area contributed by atoms with E-state index >= 15 is 0 Å². The van der Waals surface area contributed by atoms with E-state index in [0.29, 0.717) is 6.61 Å². The van der Waals surface area contributed by atoms with Crippen LogP contribution in [0.2, 0.25) is 0 Å². The van der Waals surface area contributed by atoms with Gasteiger partial charge in [-0.05, 0) is 25.7 Å². The van der Waals surface area contributed by atoms with E-state index in [-0.39, 0.29) is 12.3 Å². The molecule has 0 saturated carbocycles. The first-order chi connectivity index (χ1) is 8.33. The highest BCUT2D eigenvalue weighted by Gasteiger charge is 2.16. The highest BCUT2D eigenvalue weighted by atomic mass is 16.7. The number of hydrogen-bond acceptors (Lipinski definition) is 3. The molecule has 1 rings (SSSR count). The third kappa shape index (κ3) is 7.16. The zero-order valence-corrected chi connectivity index (χ0v) is 10.8. The van der Waals surface area contributed by atoms with Gasteiger partial charge in [0.2, 0.25) is 6.29 Å². The van der Waals surface area contributed by atoms with Gasteiger partial charge >= 0.3 is 5.97 Å². The summed E-state index contributed by atoms with van der Waals surface area (Å²) >= 11 is 0. The highest BCUT2D eigenvalue weighted by Crippen LogP contribution is 2.14. The largest absolute Gasteiger partial charge is 0.433 e. The lowest BCUT2D eigenvalue weighted by molar-refractivity contribution is -0.181. The predicted molar refractivity (Wildman–Crippen MR) is 67.6 cm³/mol. The topological polar surface area (TPSA) is 35.5 Å². The van der Waals surface area contributed by atoms with Crippen molar-refractivity contribution in [2.24, 2.45) is 0 Å². The molecule has 0 radical (unpaired) electrons. The van der Waals surface area contributed by atoms with Crippen molar-refractivity contribution in [1.82, 2.24) is 0 Å². The highest BCUT2D eigenvalue weighted by molar-refractivity contribution is 5.81. The van der Waals surface area contributed by atoms with Crippen LogP contribution in [0.4, 0.5) is 0 Å². The Hall–Kier alpha value is -0.830. The van der Waals surface area contributed by atoms with Gasteiger partial charge in [0.1, 0.15) is 0 Å². The molecule has 3 nitrogen and oxygen atoms in total. The Balaban J connectivity index is 2.04. The smallest absolute Gasteiger partial charge is 0.332 e. The predicted octanol–water partition coefficient (Wildman–Crippen LogP) is 3.58. The van der Waals surface area contributed by atoms with Gasteiger partial charge in [-0.1, -0.05) is 32.3 Å². The van der Waals surface area contributed by atoms with Crippen LogP contribution >= 0.6 is 0 Å². The molecule has 1 atom stereocenters. The minimum absolute atomic E-state index is 0.271. The third-order valence-corrected chi connectivity index (χ3v) is 2.86. The summed E-state index contributed by atoms with van der Waals surface area (Å²) in [5, 5.41) is 0. The molecular weight excluding hydrogens is 216 g/mol. The van der Waals surface area contributed by atoms with E-state index < -0.39 is 0 Å². The van der Waals surface area contributed by atoms with Crippen LogP contribution in [0.3, 0.4) is 0 Å². The summed E-state index contributed by atoms with van der Waals surface area (Å²) in [6.07, 6.45) is 12.0. The van der Waals surface area contributed by atoms with Crippen molar-refractivity contribution in [2.45, 2.75) is 64.6 Å². The average Bonchev–Trinajstić information content (AvgIpc) is 2.35. The molecule has 1 fully saturated rings. The molecule has 0 amide bonds. The van der Waals surface area contributed by atoms with Crippen LogP contribution in [0.5, 0.6) is 0 Å². The van der Waals surface area contributed by atoms with Crippen LogP contribution < -0.4 is 0 Å². The number of carbonyl (C=O) groups is 1. The zero-order chi connectivity index (χ0) is 12.3. The monoisotopic (exact) mass is 240 g/mol. The van der Waals surface area contributed by atoms with Gasteiger partial charge < -0.3 is 9.47 Å². The zero-order valence-electron chi connectivity index (χ0n) is 10.8. The second-order valence-corrected chi connectivity index (χ2v) is 4.48. The molecule has 0 aromatic carbocycles. The average molecular weight is 240 g/mol. The number of unbranched alkanes of at least 4 members (excludes halogenated alkanes) is 4. The Morgan fingerprint density at radius 2 is 2.24 bits per heavy atom. The molecule has 1 unspecified atom stereocenters. The van der Waals surface area contributed by atoms with Crippen molar-refractivity contribution in [1.29, 1.82) is 0 Å². The van der Waals surface area contributed by atoms with Crippen molar-refractivity contribution < 1.29 is 14.3 Å². The van der Waals surface area contributed by atoms with Crippen LogP contribution in [-0.2, 0) is 14.3 Å². The molecule has 1 aliphatic rings. The van der Waals surface area contributed by atoms with Gasteiger partial charge in [-0.3, -0.25) is 0 Å². The van der Waals surface area contributed by atoms with E-state index in [2.05, 4.69) is 6.92 Å². The number of hydrogen-bond donors (Lipinski definition) is 0. The standard InChI is InChI=1S/C14H24O3/c1-2-3-4-5-6-7-10-13(15)17-14-11-8-9-12-16-14/h7,10,14H,2-6,8-9,11-12H2,1H3. The summed E-state index contributed by atoms with van der Waals surface area (Å²) in [7, 11) is 0. The van der Waals surface area contributed by atoms with Crippen molar-refractivity contribution in [3.05, 3.63) is 12.2 Å². The summed E-state index contributed by atoms with van der Waals surface area (Å²) in [6.45, 7) is 2.90. The van der Waals surface area contributed by atoms with Gasteiger partial charge in [0.25, 0.3) is 0 Å². The fraction of sp³-hybridized carbons (Fsp3) is 0.786. The Bertz CT molecular complexity index is 230. The summed E-state index contributed by atoms with van der Waals surface area (Å²) in [5.74, 6) is -0.271. The maximum absolute atomic E-state index is 11.4. The van der Waals surface area contributed by atoms with E-state index in [1.54, 1.807) is 0 Å². The molecule has 17 heavy (non-hydrogen) atoms. The number of allylic oxidation sites excluding steroid dienone is 1. The summed E-state index contributed by atoms with van der Waals surface area (Å²) < 4.78 is 10.5. The third-order valence-electron chi connectivity index (χ3n) is 2.86. The van der Waals surface area contributed by atoms with Gasteiger partial charge in [-0.15, -0.1) is 0 Å². The van der Waals surface area contributed by atoms with Crippen LogP contribution in [0.15, 0.2) is 12.2 Å². The number of esters is 1. The maximum Gasteiger partial charge on any atom is 0.332 e. The van der Waals surface area contributed by atoms with Gasteiger partial charge in [-0.2, -0.15) is 0 Å². The van der Waals surface area contributed by atoms with Crippen molar-refractivity contribution in [2.75, 3.05) is 6.61 Å². The molecule has 0 aliphatic carbocycles. The van der Waals surface area contributed by atoms with E-state index in [1.807, 2.05) is 6.08 Å². The molecule has 3 heteroatoms. The van der Waals surface area contributed by atoms with E-state index in [4.69, 9.17) is 9.47 Å². The molecule has 98 valence electrons. The molecule has 0 bridgehead atoms. The quantitative estimate of drug-likeness (QED) is 0.387. The summed E-state index contributed by atoms with van der Waals surface area (Å²) in [5.41, 5.74) is 0. The minimum atomic E-state index is -0.319. The fourth-order valence-corrected chi connectivity index (χ4v) is 1.84. The maximum atomic E-state index is 11.4. The van der Waals surface area contributed by atoms with Crippen LogP contribution in [0.25, 0.3) is 0 Å². The van der Waals surface area contributed by atoms with Crippen molar-refractivity contribution in [3.63, 3.8) is 0 Å². The Labute approximate surface area is 104 Å². The first-order valence-corrected chi connectivity index (χ1v) is 6.81. The Kier molecular flexibility index (Phi) is 7.72. The van der Waals surface area contributed by atoms with Gasteiger partial charge in [0, 0.05) is 12.5 Å². The summed E-state index contributed by atoms with van der Waals surface area (Å²) in [4.78, 5) is 11.4. The first-order valence-electron chi connectivity index (χ1n) is 6.81. The number of carbonyl (C=O) groups excluding carboxylic acids is 1. The molecule has 0 N–H and O–H groups in total. The van der Waals surface area contributed by atoms with Crippen LogP contribution in [-0.4, -0.2) is 18.9 Å². The summed E-state index contributed by atoms with van der Waals surface area (Å²) in [6, 6.07) is 0. The van der Waals surface area contributed by atoms with Gasteiger partial charge in [0.05, 0.1) is 6.61 Å².